The van der Waals surface area contributed by atoms with Crippen molar-refractivity contribution < 1.29 is 22.7 Å². The Balaban J connectivity index is 3.02. The summed E-state index contributed by atoms with van der Waals surface area (Å²) in [6.07, 6.45) is -2.95. The van der Waals surface area contributed by atoms with Crippen molar-refractivity contribution in [2.24, 2.45) is 5.73 Å². The first kappa shape index (κ1) is 10.3. The summed E-state index contributed by atoms with van der Waals surface area (Å²) < 4.78 is 38.9. The molecule has 4 nitrogen and oxygen atoms in total. The van der Waals surface area contributed by atoms with Crippen molar-refractivity contribution in [3.8, 4) is 5.75 Å². The molecule has 1 rings (SSSR count). The maximum absolute atomic E-state index is 11.8. The minimum atomic E-state index is -4.87. The Morgan fingerprint density at radius 1 is 1.50 bits per heavy atom. The minimum Gasteiger partial charge on any atom is -0.403 e. The zero-order chi connectivity index (χ0) is 10.8. The second-order valence-electron chi connectivity index (χ2n) is 2.28. The van der Waals surface area contributed by atoms with Gasteiger partial charge in [-0.25, -0.2) is 0 Å². The molecule has 0 spiro atoms. The lowest BCUT2D eigenvalue weighted by atomic mass is 10.2. The first-order valence-electron chi connectivity index (χ1n) is 3.40. The van der Waals surface area contributed by atoms with Gasteiger partial charge in [0.1, 0.15) is 0 Å². The summed E-state index contributed by atoms with van der Waals surface area (Å²) in [5.74, 6) is -1.71. The molecule has 0 aromatic carbocycles. The second kappa shape index (κ2) is 3.52. The van der Waals surface area contributed by atoms with Gasteiger partial charge in [-0.3, -0.25) is 9.78 Å². The molecule has 7 heteroatoms. The lowest BCUT2D eigenvalue weighted by Crippen LogP contribution is -2.21. The van der Waals surface area contributed by atoms with Gasteiger partial charge in [0.15, 0.2) is 5.75 Å². The van der Waals surface area contributed by atoms with Crippen LogP contribution in [0.15, 0.2) is 18.5 Å². The molecule has 76 valence electrons. The van der Waals surface area contributed by atoms with Crippen molar-refractivity contribution in [2.45, 2.75) is 6.36 Å². The fourth-order valence-corrected chi connectivity index (χ4v) is 0.790. The first-order valence-corrected chi connectivity index (χ1v) is 3.40. The molecule has 0 atom stereocenters. The van der Waals surface area contributed by atoms with Gasteiger partial charge in [0, 0.05) is 6.20 Å². The van der Waals surface area contributed by atoms with Crippen molar-refractivity contribution in [1.82, 2.24) is 4.98 Å². The van der Waals surface area contributed by atoms with Gasteiger partial charge in [-0.15, -0.1) is 13.2 Å². The molecule has 0 bridgehead atoms. The standard InChI is InChI=1S/C7H5F3N2O2/c8-7(9,10)14-5-3-12-2-1-4(5)6(11)13/h1-3H,(H2,11,13). The van der Waals surface area contributed by atoms with E-state index in [0.717, 1.165) is 18.5 Å². The minimum absolute atomic E-state index is 0.364. The highest BCUT2D eigenvalue weighted by Crippen LogP contribution is 2.24. The molecule has 14 heavy (non-hydrogen) atoms. The Bertz CT molecular complexity index is 351. The molecule has 1 aromatic rings. The average molecular weight is 206 g/mol. The van der Waals surface area contributed by atoms with Crippen LogP contribution in [0.4, 0.5) is 13.2 Å². The van der Waals surface area contributed by atoms with E-state index in [0.29, 0.717) is 0 Å². The summed E-state index contributed by atoms with van der Waals surface area (Å²) in [6.45, 7) is 0. The number of carbonyl (C=O) groups excluding carboxylic acids is 1. The van der Waals surface area contributed by atoms with Crippen LogP contribution in [0.5, 0.6) is 5.75 Å². The Morgan fingerprint density at radius 3 is 2.64 bits per heavy atom. The SMILES string of the molecule is NC(=O)c1ccncc1OC(F)(F)F. The van der Waals surface area contributed by atoms with Gasteiger partial charge in [0.25, 0.3) is 5.91 Å². The van der Waals surface area contributed by atoms with Gasteiger partial charge in [-0.1, -0.05) is 0 Å². The third-order valence-electron chi connectivity index (χ3n) is 1.28. The molecular weight excluding hydrogens is 201 g/mol. The molecule has 0 saturated carbocycles. The molecule has 0 fully saturated rings. The number of primary amides is 1. The average Bonchev–Trinajstić information content (AvgIpc) is 2.01. The molecule has 0 radical (unpaired) electrons. The summed E-state index contributed by atoms with van der Waals surface area (Å²) in [7, 11) is 0. The van der Waals surface area contributed by atoms with E-state index in [9.17, 15) is 18.0 Å². The lowest BCUT2D eigenvalue weighted by Gasteiger charge is -2.10. The highest BCUT2D eigenvalue weighted by Gasteiger charge is 2.32. The number of hydrogen-bond acceptors (Lipinski definition) is 3. The van der Waals surface area contributed by atoms with Crippen LogP contribution in [-0.2, 0) is 0 Å². The third-order valence-corrected chi connectivity index (χ3v) is 1.28. The highest BCUT2D eigenvalue weighted by atomic mass is 19.4. The molecule has 0 saturated heterocycles. The van der Waals surface area contributed by atoms with Crippen LogP contribution >= 0.6 is 0 Å². The van der Waals surface area contributed by atoms with E-state index in [-0.39, 0.29) is 5.56 Å². The zero-order valence-corrected chi connectivity index (χ0v) is 6.71. The van der Waals surface area contributed by atoms with Crippen LogP contribution in [-0.4, -0.2) is 17.3 Å². The lowest BCUT2D eigenvalue weighted by molar-refractivity contribution is -0.274. The first-order chi connectivity index (χ1) is 6.40. The number of nitrogens with zero attached hydrogens (tertiary/aromatic N) is 1. The number of pyridine rings is 1. The van der Waals surface area contributed by atoms with Gasteiger partial charge in [-0.05, 0) is 6.07 Å². The van der Waals surface area contributed by atoms with Crippen molar-refractivity contribution in [2.75, 3.05) is 0 Å². The van der Waals surface area contributed by atoms with Crippen molar-refractivity contribution in [1.29, 1.82) is 0 Å². The summed E-state index contributed by atoms with van der Waals surface area (Å²) in [4.78, 5) is 14.0. The number of hydrogen-bond donors (Lipinski definition) is 1. The van der Waals surface area contributed by atoms with E-state index < -0.39 is 18.0 Å². The summed E-state index contributed by atoms with van der Waals surface area (Å²) in [5.41, 5.74) is 4.46. The molecule has 0 aliphatic carbocycles. The molecule has 0 aliphatic heterocycles. The van der Waals surface area contributed by atoms with Crippen LogP contribution in [0.3, 0.4) is 0 Å². The van der Waals surface area contributed by atoms with Crippen molar-refractivity contribution in [3.05, 3.63) is 24.0 Å². The normalized spacial score (nSPS) is 11.1. The van der Waals surface area contributed by atoms with E-state index >= 15 is 0 Å². The van der Waals surface area contributed by atoms with Crippen molar-refractivity contribution >= 4 is 5.91 Å². The monoisotopic (exact) mass is 206 g/mol. The maximum Gasteiger partial charge on any atom is 0.573 e. The Morgan fingerprint density at radius 2 is 2.14 bits per heavy atom. The van der Waals surface area contributed by atoms with Crippen molar-refractivity contribution in [3.63, 3.8) is 0 Å². The largest absolute Gasteiger partial charge is 0.573 e. The van der Waals surface area contributed by atoms with Gasteiger partial charge in [0.05, 0.1) is 11.8 Å². The predicted molar refractivity (Wildman–Crippen MR) is 39.4 cm³/mol. The summed E-state index contributed by atoms with van der Waals surface area (Å²) in [6, 6.07) is 1.05. The van der Waals surface area contributed by atoms with E-state index in [1.165, 1.54) is 0 Å². The summed E-state index contributed by atoms with van der Waals surface area (Å²) in [5, 5.41) is 0. The van der Waals surface area contributed by atoms with Gasteiger partial charge in [-0.2, -0.15) is 0 Å². The van der Waals surface area contributed by atoms with Crippen LogP contribution in [0.1, 0.15) is 10.4 Å². The van der Waals surface area contributed by atoms with Crippen LogP contribution in [0.25, 0.3) is 0 Å². The number of ether oxygens (including phenoxy) is 1. The van der Waals surface area contributed by atoms with Gasteiger partial charge in [0.2, 0.25) is 0 Å². The van der Waals surface area contributed by atoms with Crippen LogP contribution in [0.2, 0.25) is 0 Å². The Kier molecular flexibility index (Phi) is 2.59. The fourth-order valence-electron chi connectivity index (χ4n) is 0.790. The number of rotatable bonds is 2. The number of amides is 1. The Labute approximate surface area is 76.5 Å². The number of alkyl halides is 3. The number of carbonyl (C=O) groups is 1. The van der Waals surface area contributed by atoms with E-state index in [2.05, 4.69) is 9.72 Å². The molecular formula is C7H5F3N2O2. The maximum atomic E-state index is 11.8. The Hall–Kier alpha value is -1.79. The number of aromatic nitrogens is 1. The molecule has 1 amide bonds. The topological polar surface area (TPSA) is 65.2 Å². The second-order valence-corrected chi connectivity index (χ2v) is 2.28. The van der Waals surface area contributed by atoms with Crippen LogP contribution < -0.4 is 10.5 Å². The van der Waals surface area contributed by atoms with Gasteiger partial charge >= 0.3 is 6.36 Å². The fraction of sp³-hybridized carbons (Fsp3) is 0.143. The van der Waals surface area contributed by atoms with Gasteiger partial charge < -0.3 is 10.5 Å². The van der Waals surface area contributed by atoms with E-state index in [1.807, 2.05) is 0 Å². The summed E-state index contributed by atoms with van der Waals surface area (Å²) >= 11 is 0. The molecule has 0 unspecified atom stereocenters. The molecule has 2 N–H and O–H groups in total. The van der Waals surface area contributed by atoms with Crippen LogP contribution in [0, 0.1) is 0 Å². The molecule has 1 aromatic heterocycles. The smallest absolute Gasteiger partial charge is 0.403 e. The molecule has 0 aliphatic rings. The highest BCUT2D eigenvalue weighted by molar-refractivity contribution is 5.95. The predicted octanol–water partition coefficient (Wildman–Crippen LogP) is 1.08. The number of nitrogens with two attached hydrogens (primary N) is 1. The van der Waals surface area contributed by atoms with E-state index in [1.54, 1.807) is 0 Å². The number of halogens is 3. The molecule has 1 heterocycles. The van der Waals surface area contributed by atoms with E-state index in [4.69, 9.17) is 5.73 Å². The zero-order valence-electron chi connectivity index (χ0n) is 6.71. The third kappa shape index (κ3) is 2.61. The quantitative estimate of drug-likeness (QED) is 0.787.